The van der Waals surface area contributed by atoms with Gasteiger partial charge in [0.2, 0.25) is 0 Å². The Hall–Kier alpha value is -3.96. The summed E-state index contributed by atoms with van der Waals surface area (Å²) in [5.41, 5.74) is 4.17. The number of benzene rings is 3. The zero-order valence-electron chi connectivity index (χ0n) is 25.7. The third-order valence-corrected chi connectivity index (χ3v) is 8.85. The highest BCUT2D eigenvalue weighted by Gasteiger charge is 2.35. The van der Waals surface area contributed by atoms with Crippen molar-refractivity contribution in [1.29, 1.82) is 0 Å². The van der Waals surface area contributed by atoms with Crippen LogP contribution in [0, 0.1) is 3.57 Å². The van der Waals surface area contributed by atoms with Gasteiger partial charge in [-0.15, -0.1) is 6.58 Å². The van der Waals surface area contributed by atoms with Crippen molar-refractivity contribution in [1.82, 2.24) is 4.57 Å². The second kappa shape index (κ2) is 14.4. The lowest BCUT2D eigenvalue weighted by Gasteiger charge is -2.26. The van der Waals surface area contributed by atoms with E-state index in [9.17, 15) is 9.59 Å². The van der Waals surface area contributed by atoms with E-state index in [0.717, 1.165) is 22.4 Å². The molecule has 0 saturated carbocycles. The molecule has 7 nitrogen and oxygen atoms in total. The SMILES string of the molecule is C=CCc1cc(/C=c2/sc3n(c2=O)[C@@H](c2ccccc2OC(C)C)C(C(=O)OCC)=C(C)N=3)ccc1OCc1ccc(I)cc1. The van der Waals surface area contributed by atoms with Gasteiger partial charge in [-0.05, 0) is 110 Å². The number of allylic oxidation sites excluding steroid dienone is 2. The van der Waals surface area contributed by atoms with Crippen molar-refractivity contribution in [3.63, 3.8) is 0 Å². The Bertz CT molecular complexity index is 1940. The van der Waals surface area contributed by atoms with Gasteiger partial charge < -0.3 is 14.2 Å². The first-order valence-corrected chi connectivity index (χ1v) is 16.7. The van der Waals surface area contributed by atoms with E-state index in [1.165, 1.54) is 14.9 Å². The second-order valence-corrected chi connectivity index (χ2v) is 13.0. The molecule has 1 atom stereocenters. The maximum Gasteiger partial charge on any atom is 0.338 e. The Morgan fingerprint density at radius 3 is 2.58 bits per heavy atom. The van der Waals surface area contributed by atoms with Crippen molar-refractivity contribution in [2.75, 3.05) is 6.61 Å². The summed E-state index contributed by atoms with van der Waals surface area (Å²) >= 11 is 3.57. The predicted octanol–water partition coefficient (Wildman–Crippen LogP) is 6.50. The van der Waals surface area contributed by atoms with Crippen molar-refractivity contribution in [2.45, 2.75) is 52.9 Å². The van der Waals surface area contributed by atoms with E-state index in [-0.39, 0.29) is 18.3 Å². The molecule has 1 aliphatic rings. The van der Waals surface area contributed by atoms with Gasteiger partial charge in [0.1, 0.15) is 24.1 Å². The molecule has 0 saturated heterocycles. The first-order valence-electron chi connectivity index (χ1n) is 14.8. The monoisotopic (exact) mass is 734 g/mol. The number of halogens is 1. The fourth-order valence-electron chi connectivity index (χ4n) is 5.19. The number of fused-ring (bicyclic) bond motifs is 1. The number of rotatable bonds is 11. The van der Waals surface area contributed by atoms with E-state index in [1.54, 1.807) is 18.4 Å². The topological polar surface area (TPSA) is 79.1 Å². The van der Waals surface area contributed by atoms with Gasteiger partial charge in [0.15, 0.2) is 4.80 Å². The van der Waals surface area contributed by atoms with Crippen LogP contribution in [0.1, 0.15) is 56.0 Å². The van der Waals surface area contributed by atoms with Crippen LogP contribution in [0.25, 0.3) is 6.08 Å². The third kappa shape index (κ3) is 7.31. The molecule has 0 fully saturated rings. The smallest absolute Gasteiger partial charge is 0.338 e. The van der Waals surface area contributed by atoms with Gasteiger partial charge in [0, 0.05) is 9.13 Å². The number of esters is 1. The number of para-hydroxylation sites is 1. The highest BCUT2D eigenvalue weighted by atomic mass is 127. The maximum atomic E-state index is 14.2. The van der Waals surface area contributed by atoms with Crippen LogP contribution >= 0.6 is 33.9 Å². The molecule has 4 aromatic rings. The zero-order valence-corrected chi connectivity index (χ0v) is 28.7. The molecule has 0 aliphatic carbocycles. The number of aromatic nitrogens is 1. The summed E-state index contributed by atoms with van der Waals surface area (Å²) in [7, 11) is 0. The quantitative estimate of drug-likeness (QED) is 0.100. The van der Waals surface area contributed by atoms with Gasteiger partial charge >= 0.3 is 5.97 Å². The van der Waals surface area contributed by atoms with Gasteiger partial charge in [-0.1, -0.05) is 53.8 Å². The van der Waals surface area contributed by atoms with Crippen LogP contribution < -0.4 is 24.4 Å². The van der Waals surface area contributed by atoms with E-state index in [1.807, 2.05) is 68.5 Å². The van der Waals surface area contributed by atoms with Crippen LogP contribution in [0.3, 0.4) is 0 Å². The molecule has 0 bridgehead atoms. The molecule has 45 heavy (non-hydrogen) atoms. The Morgan fingerprint density at radius 1 is 1.11 bits per heavy atom. The molecule has 2 heterocycles. The average Bonchev–Trinajstić information content (AvgIpc) is 3.31. The van der Waals surface area contributed by atoms with Gasteiger partial charge in [-0.3, -0.25) is 9.36 Å². The van der Waals surface area contributed by atoms with Crippen LogP contribution in [-0.2, 0) is 22.6 Å². The van der Waals surface area contributed by atoms with Crippen molar-refractivity contribution < 1.29 is 19.0 Å². The Morgan fingerprint density at radius 2 is 1.87 bits per heavy atom. The van der Waals surface area contributed by atoms with Crippen LogP contribution in [0.2, 0.25) is 0 Å². The number of carbonyl (C=O) groups is 1. The first-order chi connectivity index (χ1) is 21.7. The molecular formula is C36H35IN2O5S. The van der Waals surface area contributed by atoms with E-state index in [0.29, 0.717) is 44.9 Å². The molecule has 5 rings (SSSR count). The van der Waals surface area contributed by atoms with Crippen molar-refractivity contribution >= 4 is 46.0 Å². The summed E-state index contributed by atoms with van der Waals surface area (Å²) < 4.78 is 21.0. The summed E-state index contributed by atoms with van der Waals surface area (Å²) in [6.45, 7) is 12.0. The first kappa shape index (κ1) is 32.4. The zero-order chi connectivity index (χ0) is 32.1. The largest absolute Gasteiger partial charge is 0.491 e. The van der Waals surface area contributed by atoms with E-state index in [2.05, 4.69) is 53.4 Å². The Balaban J connectivity index is 1.58. The Labute approximate surface area is 280 Å². The lowest BCUT2D eigenvalue weighted by Crippen LogP contribution is -2.40. The van der Waals surface area contributed by atoms with Crippen molar-refractivity contribution in [3.05, 3.63) is 136 Å². The predicted molar refractivity (Wildman–Crippen MR) is 186 cm³/mol. The Kier molecular flexibility index (Phi) is 10.4. The van der Waals surface area contributed by atoms with Crippen molar-refractivity contribution in [2.24, 2.45) is 4.99 Å². The van der Waals surface area contributed by atoms with E-state index >= 15 is 0 Å². The van der Waals surface area contributed by atoms with Crippen LogP contribution in [0.4, 0.5) is 0 Å². The van der Waals surface area contributed by atoms with Crippen LogP contribution in [-0.4, -0.2) is 23.2 Å². The maximum absolute atomic E-state index is 14.2. The van der Waals surface area contributed by atoms with Crippen molar-refractivity contribution in [3.8, 4) is 11.5 Å². The lowest BCUT2D eigenvalue weighted by atomic mass is 9.95. The van der Waals surface area contributed by atoms with Crippen LogP contribution in [0.5, 0.6) is 11.5 Å². The van der Waals surface area contributed by atoms with Crippen LogP contribution in [0.15, 0.2) is 100 Å². The minimum atomic E-state index is -0.759. The molecule has 0 spiro atoms. The molecule has 0 unspecified atom stereocenters. The summed E-state index contributed by atoms with van der Waals surface area (Å²) in [6, 6.07) is 20.8. The molecule has 3 aromatic carbocycles. The fraction of sp³-hybridized carbons (Fsp3) is 0.250. The highest BCUT2D eigenvalue weighted by Crippen LogP contribution is 2.36. The molecule has 0 radical (unpaired) electrons. The lowest BCUT2D eigenvalue weighted by molar-refractivity contribution is -0.139. The number of hydrogen-bond acceptors (Lipinski definition) is 7. The number of thiazole rings is 1. The minimum Gasteiger partial charge on any atom is -0.491 e. The van der Waals surface area contributed by atoms with Gasteiger partial charge in [-0.2, -0.15) is 0 Å². The summed E-state index contributed by atoms with van der Waals surface area (Å²) in [4.78, 5) is 32.7. The van der Waals surface area contributed by atoms with Gasteiger partial charge in [0.05, 0.1) is 28.5 Å². The summed E-state index contributed by atoms with van der Waals surface area (Å²) in [6.07, 6.45) is 4.20. The fourth-order valence-corrected chi connectivity index (χ4v) is 6.60. The molecular weight excluding hydrogens is 699 g/mol. The molecule has 1 aliphatic heterocycles. The molecule has 0 amide bonds. The molecule has 232 valence electrons. The highest BCUT2D eigenvalue weighted by molar-refractivity contribution is 14.1. The number of nitrogens with zero attached hydrogens (tertiary/aromatic N) is 2. The molecule has 9 heteroatoms. The number of carbonyl (C=O) groups excluding carboxylic acids is 1. The van der Waals surface area contributed by atoms with E-state index < -0.39 is 12.0 Å². The summed E-state index contributed by atoms with van der Waals surface area (Å²) in [5.74, 6) is 0.856. The van der Waals surface area contributed by atoms with E-state index in [4.69, 9.17) is 19.2 Å². The minimum absolute atomic E-state index is 0.105. The summed E-state index contributed by atoms with van der Waals surface area (Å²) in [5, 5.41) is 0. The second-order valence-electron chi connectivity index (χ2n) is 10.8. The average molecular weight is 735 g/mol. The van der Waals surface area contributed by atoms with Gasteiger partial charge in [0.25, 0.3) is 5.56 Å². The molecule has 0 N–H and O–H groups in total. The van der Waals surface area contributed by atoms with Gasteiger partial charge in [-0.25, -0.2) is 9.79 Å². The number of hydrogen-bond donors (Lipinski definition) is 0. The molecule has 1 aromatic heterocycles. The standard InChI is InChI=1S/C36H35IN2O5S/c1-6-10-26-19-25(15-18-29(26)43-21-24-13-16-27(37)17-14-24)20-31-34(40)39-33(28-11-8-9-12-30(28)44-22(3)4)32(35(41)42-7-2)23(5)38-36(39)45-31/h6,8-9,11-20,22,33H,1,7,10,21H2,2-5H3/b31-20+/t33-/m0/s1. The number of ether oxygens (including phenoxy) is 3. The third-order valence-electron chi connectivity index (χ3n) is 7.15. The normalized spacial score (nSPS) is 14.6.